The zero-order valence-corrected chi connectivity index (χ0v) is 11.1. The maximum Gasteiger partial charge on any atom is 0.330 e. The topological polar surface area (TPSA) is 80.8 Å². The zero-order valence-electron chi connectivity index (χ0n) is 10.3. The Hall–Kier alpha value is -1.21. The molecular weight excluding hydrogens is 258 g/mol. The molecule has 102 valence electrons. The van der Waals surface area contributed by atoms with Gasteiger partial charge in [0.05, 0.1) is 11.5 Å². The number of carbonyl (C=O) groups is 2. The molecule has 0 N–H and O–H groups in total. The minimum atomic E-state index is -2.87. The van der Waals surface area contributed by atoms with E-state index in [1.165, 1.54) is 6.92 Å². The first-order valence-corrected chi connectivity index (χ1v) is 7.49. The average molecular weight is 275 g/mol. The third kappa shape index (κ3) is 5.92. The summed E-state index contributed by atoms with van der Waals surface area (Å²) in [4.78, 5) is 23.6. The molecule has 1 heterocycles. The number of ketones is 1. The van der Waals surface area contributed by atoms with E-state index in [9.17, 15) is 18.0 Å². The smallest absolute Gasteiger partial charge is 0.330 e. The number of allylic oxidation sites excluding steroid dienone is 1. The van der Waals surface area contributed by atoms with Crippen LogP contribution in [0.25, 0.3) is 0 Å². The van der Waals surface area contributed by atoms with Crippen LogP contribution in [0.2, 0.25) is 0 Å². The molecule has 0 amide bonds. The van der Waals surface area contributed by atoms with Crippen LogP contribution in [0.3, 0.4) is 0 Å². The molecule has 1 aliphatic heterocycles. The molecule has 0 saturated carbocycles. The number of hydrogen-bond acceptors (Lipinski definition) is 6. The number of nitrogens with zero attached hydrogens (tertiary/aromatic N) is 1. The molecule has 18 heavy (non-hydrogen) atoms. The maximum absolute atomic E-state index is 11.2. The summed E-state index contributed by atoms with van der Waals surface area (Å²) in [6.45, 7) is 3.00. The number of hydrogen-bond donors (Lipinski definition) is 0. The van der Waals surface area contributed by atoms with Gasteiger partial charge in [-0.2, -0.15) is 0 Å². The number of carbonyl (C=O) groups excluding carboxylic acids is 2. The molecule has 0 aromatic carbocycles. The second-order valence-corrected chi connectivity index (χ2v) is 6.41. The van der Waals surface area contributed by atoms with Gasteiger partial charge in [-0.1, -0.05) is 0 Å². The zero-order chi connectivity index (χ0) is 13.6. The van der Waals surface area contributed by atoms with E-state index < -0.39 is 15.8 Å². The second-order valence-electron chi connectivity index (χ2n) is 4.10. The van der Waals surface area contributed by atoms with Gasteiger partial charge in [-0.05, 0) is 13.0 Å². The highest BCUT2D eigenvalue weighted by Gasteiger charge is 2.21. The van der Waals surface area contributed by atoms with Crippen molar-refractivity contribution in [1.29, 1.82) is 0 Å². The highest BCUT2D eigenvalue weighted by atomic mass is 32.2. The van der Waals surface area contributed by atoms with Crippen LogP contribution in [0.4, 0.5) is 0 Å². The minimum absolute atomic E-state index is 0.158. The van der Waals surface area contributed by atoms with Gasteiger partial charge in [0.1, 0.15) is 6.61 Å². The fourth-order valence-corrected chi connectivity index (χ4v) is 2.76. The summed E-state index contributed by atoms with van der Waals surface area (Å²) in [6.07, 6.45) is 2.23. The number of ether oxygens (including phenoxy) is 1. The molecule has 1 aliphatic rings. The standard InChI is InChI=1S/C11H17NO5S/c1-10(13)2-3-11(14)17-7-4-12-5-8-18(15,16)9-6-12/h2-3H,4-9H2,1H3/b3-2+. The lowest BCUT2D eigenvalue weighted by Crippen LogP contribution is -2.41. The van der Waals surface area contributed by atoms with Gasteiger partial charge in [-0.15, -0.1) is 0 Å². The van der Waals surface area contributed by atoms with Crippen molar-refractivity contribution in [3.63, 3.8) is 0 Å². The van der Waals surface area contributed by atoms with Gasteiger partial charge in [-0.3, -0.25) is 9.69 Å². The summed E-state index contributed by atoms with van der Waals surface area (Å²) in [7, 11) is -2.87. The molecule has 0 aromatic rings. The van der Waals surface area contributed by atoms with Gasteiger partial charge >= 0.3 is 5.97 Å². The van der Waals surface area contributed by atoms with Gasteiger partial charge < -0.3 is 4.74 Å². The molecule has 1 fully saturated rings. The van der Waals surface area contributed by atoms with E-state index in [2.05, 4.69) is 0 Å². The maximum atomic E-state index is 11.2. The van der Waals surface area contributed by atoms with E-state index >= 15 is 0 Å². The first-order chi connectivity index (χ1) is 8.39. The minimum Gasteiger partial charge on any atom is -0.461 e. The van der Waals surface area contributed by atoms with Gasteiger partial charge in [0.25, 0.3) is 0 Å². The quantitative estimate of drug-likeness (QED) is 0.492. The summed E-state index contributed by atoms with van der Waals surface area (Å²) < 4.78 is 27.2. The van der Waals surface area contributed by atoms with Crippen molar-refractivity contribution >= 4 is 21.6 Å². The monoisotopic (exact) mass is 275 g/mol. The van der Waals surface area contributed by atoms with Crippen LogP contribution in [0.15, 0.2) is 12.2 Å². The number of sulfone groups is 1. The normalized spacial score (nSPS) is 19.8. The van der Waals surface area contributed by atoms with Crippen molar-refractivity contribution in [3.05, 3.63) is 12.2 Å². The fourth-order valence-electron chi connectivity index (χ4n) is 1.48. The molecule has 0 aliphatic carbocycles. The van der Waals surface area contributed by atoms with E-state index in [0.717, 1.165) is 12.2 Å². The fraction of sp³-hybridized carbons (Fsp3) is 0.636. The van der Waals surface area contributed by atoms with Crippen LogP contribution in [0.5, 0.6) is 0 Å². The van der Waals surface area contributed by atoms with Crippen molar-refractivity contribution in [2.24, 2.45) is 0 Å². The SMILES string of the molecule is CC(=O)/C=C/C(=O)OCCN1CCS(=O)(=O)CC1. The van der Waals surface area contributed by atoms with E-state index in [1.807, 2.05) is 4.90 Å². The number of esters is 1. The molecule has 0 aromatic heterocycles. The van der Waals surface area contributed by atoms with Crippen LogP contribution < -0.4 is 0 Å². The Kier molecular flexibility index (Phi) is 5.49. The summed E-state index contributed by atoms with van der Waals surface area (Å²) in [5.74, 6) is -0.459. The second kappa shape index (κ2) is 6.65. The van der Waals surface area contributed by atoms with Gasteiger partial charge in [0.2, 0.25) is 0 Å². The molecule has 6 nitrogen and oxygen atoms in total. The first-order valence-electron chi connectivity index (χ1n) is 5.67. The predicted octanol–water partition coefficient (Wildman–Crippen LogP) is -0.595. The average Bonchev–Trinajstić information content (AvgIpc) is 2.29. The summed E-state index contributed by atoms with van der Waals surface area (Å²) in [5, 5.41) is 0. The Morgan fingerprint density at radius 2 is 1.83 bits per heavy atom. The van der Waals surface area contributed by atoms with Gasteiger partial charge in [0.15, 0.2) is 15.6 Å². The highest BCUT2D eigenvalue weighted by molar-refractivity contribution is 7.91. The lowest BCUT2D eigenvalue weighted by Gasteiger charge is -2.25. The largest absolute Gasteiger partial charge is 0.461 e. The van der Waals surface area contributed by atoms with Crippen molar-refractivity contribution in [1.82, 2.24) is 4.90 Å². The first kappa shape index (κ1) is 14.8. The molecule has 0 unspecified atom stereocenters. The van der Waals surface area contributed by atoms with Crippen LogP contribution in [-0.4, -0.2) is 62.8 Å². The third-order valence-corrected chi connectivity index (χ3v) is 4.15. The molecule has 1 rings (SSSR count). The van der Waals surface area contributed by atoms with Crippen LogP contribution in [0, 0.1) is 0 Å². The molecular formula is C11H17NO5S. The molecule has 7 heteroatoms. The Balaban J connectivity index is 2.19. The molecule has 0 atom stereocenters. The molecule has 0 spiro atoms. The van der Waals surface area contributed by atoms with Crippen LogP contribution >= 0.6 is 0 Å². The third-order valence-electron chi connectivity index (χ3n) is 2.54. The summed E-state index contributed by atoms with van der Waals surface area (Å²) >= 11 is 0. The van der Waals surface area contributed by atoms with Crippen molar-refractivity contribution in [2.75, 3.05) is 37.7 Å². The predicted molar refractivity (Wildman–Crippen MR) is 65.9 cm³/mol. The van der Waals surface area contributed by atoms with E-state index in [0.29, 0.717) is 19.6 Å². The Bertz CT molecular complexity index is 426. The summed E-state index contributed by atoms with van der Waals surface area (Å²) in [6, 6.07) is 0. The highest BCUT2D eigenvalue weighted by Crippen LogP contribution is 2.02. The Morgan fingerprint density at radius 3 is 2.39 bits per heavy atom. The van der Waals surface area contributed by atoms with E-state index in [1.54, 1.807) is 0 Å². The van der Waals surface area contributed by atoms with Crippen molar-refractivity contribution in [2.45, 2.75) is 6.92 Å². The van der Waals surface area contributed by atoms with E-state index in [-0.39, 0.29) is 23.9 Å². The Labute approximate surface area is 107 Å². The molecule has 1 saturated heterocycles. The molecule has 0 bridgehead atoms. The van der Waals surface area contributed by atoms with Crippen LogP contribution in [-0.2, 0) is 24.2 Å². The van der Waals surface area contributed by atoms with E-state index in [4.69, 9.17) is 4.74 Å². The van der Waals surface area contributed by atoms with Gasteiger partial charge in [0, 0.05) is 25.7 Å². The Morgan fingerprint density at radius 1 is 1.22 bits per heavy atom. The van der Waals surface area contributed by atoms with Crippen molar-refractivity contribution in [3.8, 4) is 0 Å². The number of rotatable bonds is 5. The lowest BCUT2D eigenvalue weighted by atomic mass is 10.4. The summed E-state index contributed by atoms with van der Waals surface area (Å²) in [5.41, 5.74) is 0. The van der Waals surface area contributed by atoms with Crippen molar-refractivity contribution < 1.29 is 22.7 Å². The van der Waals surface area contributed by atoms with Gasteiger partial charge in [-0.25, -0.2) is 13.2 Å². The van der Waals surface area contributed by atoms with Crippen LogP contribution in [0.1, 0.15) is 6.92 Å². The lowest BCUT2D eigenvalue weighted by molar-refractivity contribution is -0.138. The molecule has 0 radical (unpaired) electrons.